The lowest BCUT2D eigenvalue weighted by Gasteiger charge is -2.14. The Labute approximate surface area is 99.0 Å². The van der Waals surface area contributed by atoms with Crippen molar-refractivity contribution >= 4 is 15.9 Å². The van der Waals surface area contributed by atoms with E-state index in [0.29, 0.717) is 0 Å². The van der Waals surface area contributed by atoms with Gasteiger partial charge in [-0.25, -0.2) is 0 Å². The van der Waals surface area contributed by atoms with Crippen LogP contribution in [0.1, 0.15) is 24.0 Å². The number of aliphatic hydroxyl groups is 1. The maximum Gasteiger partial charge on any atom is 0.0899 e. The normalized spacial score (nSPS) is 18.2. The average molecular weight is 270 g/mol. The summed E-state index contributed by atoms with van der Waals surface area (Å²) in [6.07, 6.45) is 1.79. The van der Waals surface area contributed by atoms with Crippen molar-refractivity contribution in [3.8, 4) is 0 Å². The molecule has 1 aliphatic rings. The quantitative estimate of drug-likeness (QED) is 0.912. The zero-order valence-corrected chi connectivity index (χ0v) is 10.7. The van der Waals surface area contributed by atoms with E-state index in [9.17, 15) is 5.11 Å². The molecule has 1 N–H and O–H groups in total. The summed E-state index contributed by atoms with van der Waals surface area (Å²) in [6, 6.07) is 6.18. The minimum Gasteiger partial charge on any atom is -0.385 e. The zero-order chi connectivity index (χ0) is 11.1. The van der Waals surface area contributed by atoms with Crippen LogP contribution < -0.4 is 0 Å². The first-order valence-corrected chi connectivity index (χ1v) is 5.96. The predicted molar refractivity (Wildman–Crippen MR) is 64.7 cm³/mol. The summed E-state index contributed by atoms with van der Waals surface area (Å²) in [6.45, 7) is 0.916. The van der Waals surface area contributed by atoms with E-state index in [2.05, 4.69) is 41.0 Å². The second kappa shape index (κ2) is 3.89. The molecule has 0 aliphatic heterocycles. The molecule has 3 heteroatoms. The van der Waals surface area contributed by atoms with Gasteiger partial charge in [-0.15, -0.1) is 0 Å². The molecule has 0 heterocycles. The smallest absolute Gasteiger partial charge is 0.0899 e. The van der Waals surface area contributed by atoms with Crippen molar-refractivity contribution in [2.45, 2.75) is 25.0 Å². The van der Waals surface area contributed by atoms with Crippen LogP contribution in [0, 0.1) is 0 Å². The molecule has 0 aromatic heterocycles. The fraction of sp³-hybridized carbons (Fsp3) is 0.500. The highest BCUT2D eigenvalue weighted by Crippen LogP contribution is 2.46. The fourth-order valence-electron chi connectivity index (χ4n) is 1.71. The van der Waals surface area contributed by atoms with Gasteiger partial charge in [0.1, 0.15) is 0 Å². The van der Waals surface area contributed by atoms with Crippen LogP contribution >= 0.6 is 15.9 Å². The third-order valence-corrected chi connectivity index (χ3v) is 3.54. The third-order valence-electron chi connectivity index (χ3n) is 2.80. The van der Waals surface area contributed by atoms with E-state index in [0.717, 1.165) is 29.4 Å². The molecule has 82 valence electrons. The van der Waals surface area contributed by atoms with Crippen LogP contribution in [0.2, 0.25) is 0 Å². The van der Waals surface area contributed by atoms with E-state index in [1.54, 1.807) is 0 Å². The van der Waals surface area contributed by atoms with Gasteiger partial charge in [-0.05, 0) is 44.1 Å². The Balaban J connectivity index is 2.23. The van der Waals surface area contributed by atoms with Gasteiger partial charge in [-0.3, -0.25) is 0 Å². The second-order valence-electron chi connectivity index (χ2n) is 4.58. The standard InChI is InChI=1S/C12H16BrNO/c1-14(2)8-9-3-4-10(7-11(9)13)12(15)5-6-12/h3-4,7,15H,5-6,8H2,1-2H3. The van der Waals surface area contributed by atoms with Gasteiger partial charge in [0.15, 0.2) is 0 Å². The Hall–Kier alpha value is -0.380. The summed E-state index contributed by atoms with van der Waals surface area (Å²) in [5, 5.41) is 9.97. The lowest BCUT2D eigenvalue weighted by molar-refractivity contribution is 0.151. The van der Waals surface area contributed by atoms with Gasteiger partial charge in [0.2, 0.25) is 0 Å². The molecule has 0 spiro atoms. The molecule has 0 radical (unpaired) electrons. The number of benzene rings is 1. The van der Waals surface area contributed by atoms with Gasteiger partial charge in [-0.1, -0.05) is 28.1 Å². The largest absolute Gasteiger partial charge is 0.385 e. The van der Waals surface area contributed by atoms with E-state index in [1.807, 2.05) is 12.1 Å². The summed E-state index contributed by atoms with van der Waals surface area (Å²) in [5.41, 5.74) is 1.77. The Kier molecular flexibility index (Phi) is 2.88. The minimum atomic E-state index is -0.529. The molecule has 0 bridgehead atoms. The van der Waals surface area contributed by atoms with Crippen molar-refractivity contribution < 1.29 is 5.11 Å². The summed E-state index contributed by atoms with van der Waals surface area (Å²) < 4.78 is 1.09. The molecule has 1 aromatic carbocycles. The molecular weight excluding hydrogens is 254 g/mol. The Morgan fingerprint density at radius 2 is 2.07 bits per heavy atom. The maximum absolute atomic E-state index is 9.97. The molecule has 0 saturated heterocycles. The summed E-state index contributed by atoms with van der Waals surface area (Å²) in [7, 11) is 4.10. The van der Waals surface area contributed by atoms with Gasteiger partial charge >= 0.3 is 0 Å². The lowest BCUT2D eigenvalue weighted by atomic mass is 10.1. The van der Waals surface area contributed by atoms with Gasteiger partial charge < -0.3 is 10.0 Å². The first-order chi connectivity index (χ1) is 7.01. The van der Waals surface area contributed by atoms with E-state index in [-0.39, 0.29) is 0 Å². The van der Waals surface area contributed by atoms with Crippen LogP contribution in [0.15, 0.2) is 22.7 Å². The van der Waals surface area contributed by atoms with Crippen LogP contribution in [-0.4, -0.2) is 24.1 Å². The monoisotopic (exact) mass is 269 g/mol. The highest BCUT2D eigenvalue weighted by molar-refractivity contribution is 9.10. The summed E-state index contributed by atoms with van der Waals surface area (Å²) in [5.74, 6) is 0. The van der Waals surface area contributed by atoms with Gasteiger partial charge in [0, 0.05) is 11.0 Å². The highest BCUT2D eigenvalue weighted by Gasteiger charge is 2.42. The SMILES string of the molecule is CN(C)Cc1ccc(C2(O)CC2)cc1Br. The van der Waals surface area contributed by atoms with Crippen LogP contribution in [0.5, 0.6) is 0 Å². The predicted octanol–water partition coefficient (Wildman–Crippen LogP) is 2.49. The van der Waals surface area contributed by atoms with Crippen LogP contribution in [-0.2, 0) is 12.1 Å². The van der Waals surface area contributed by atoms with Crippen molar-refractivity contribution in [2.24, 2.45) is 0 Å². The minimum absolute atomic E-state index is 0.529. The number of rotatable bonds is 3. The van der Waals surface area contributed by atoms with Gasteiger partial charge in [0.05, 0.1) is 5.60 Å². The number of hydrogen-bond donors (Lipinski definition) is 1. The van der Waals surface area contributed by atoms with Crippen molar-refractivity contribution in [3.05, 3.63) is 33.8 Å². The van der Waals surface area contributed by atoms with Gasteiger partial charge in [0.25, 0.3) is 0 Å². The fourth-order valence-corrected chi connectivity index (χ4v) is 2.22. The summed E-state index contributed by atoms with van der Waals surface area (Å²) in [4.78, 5) is 2.13. The lowest BCUT2D eigenvalue weighted by Crippen LogP contribution is -2.12. The average Bonchev–Trinajstić information content (AvgIpc) is 2.88. The van der Waals surface area contributed by atoms with Crippen molar-refractivity contribution in [1.29, 1.82) is 0 Å². The van der Waals surface area contributed by atoms with Crippen molar-refractivity contribution in [1.82, 2.24) is 4.90 Å². The first-order valence-electron chi connectivity index (χ1n) is 5.17. The zero-order valence-electron chi connectivity index (χ0n) is 9.13. The molecule has 1 aliphatic carbocycles. The van der Waals surface area contributed by atoms with E-state index >= 15 is 0 Å². The Bertz CT molecular complexity index is 372. The van der Waals surface area contributed by atoms with Crippen molar-refractivity contribution in [3.63, 3.8) is 0 Å². The molecule has 0 amide bonds. The molecule has 15 heavy (non-hydrogen) atoms. The Morgan fingerprint density at radius 3 is 2.53 bits per heavy atom. The van der Waals surface area contributed by atoms with Crippen molar-refractivity contribution in [2.75, 3.05) is 14.1 Å². The van der Waals surface area contributed by atoms with Crippen LogP contribution in [0.3, 0.4) is 0 Å². The number of halogens is 1. The number of nitrogens with zero attached hydrogens (tertiary/aromatic N) is 1. The molecule has 0 unspecified atom stereocenters. The first kappa shape index (κ1) is 11.1. The van der Waals surface area contributed by atoms with E-state index in [1.165, 1.54) is 5.56 Å². The summed E-state index contributed by atoms with van der Waals surface area (Å²) >= 11 is 3.56. The molecule has 2 rings (SSSR count). The molecular formula is C12H16BrNO. The Morgan fingerprint density at radius 1 is 1.40 bits per heavy atom. The topological polar surface area (TPSA) is 23.5 Å². The molecule has 2 nitrogen and oxygen atoms in total. The maximum atomic E-state index is 9.97. The van der Waals surface area contributed by atoms with E-state index < -0.39 is 5.60 Å². The molecule has 0 atom stereocenters. The number of hydrogen-bond acceptors (Lipinski definition) is 2. The third kappa shape index (κ3) is 2.41. The van der Waals surface area contributed by atoms with Gasteiger partial charge in [-0.2, -0.15) is 0 Å². The highest BCUT2D eigenvalue weighted by atomic mass is 79.9. The second-order valence-corrected chi connectivity index (χ2v) is 5.43. The molecule has 1 aromatic rings. The van der Waals surface area contributed by atoms with Crippen LogP contribution in [0.4, 0.5) is 0 Å². The molecule has 1 saturated carbocycles. The van der Waals surface area contributed by atoms with Crippen LogP contribution in [0.25, 0.3) is 0 Å². The molecule has 1 fully saturated rings. The van der Waals surface area contributed by atoms with E-state index in [4.69, 9.17) is 0 Å².